The Morgan fingerprint density at radius 1 is 1.33 bits per heavy atom. The van der Waals surface area contributed by atoms with Crippen molar-refractivity contribution >= 4 is 28.1 Å². The predicted octanol–water partition coefficient (Wildman–Crippen LogP) is 0.225. The van der Waals surface area contributed by atoms with Gasteiger partial charge in [0.1, 0.15) is 5.56 Å². The number of aromatic nitrogens is 2. The summed E-state index contributed by atoms with van der Waals surface area (Å²) >= 11 is 1.38. The molecule has 0 aliphatic heterocycles. The molecule has 2 amide bonds. The monoisotopic (exact) mass is 308 g/mol. The second kappa shape index (κ2) is 5.65. The van der Waals surface area contributed by atoms with Crippen LogP contribution < -0.4 is 5.56 Å². The summed E-state index contributed by atoms with van der Waals surface area (Å²) in [5.74, 6) is -0.729. The molecule has 0 unspecified atom stereocenters. The molecule has 2 rings (SSSR count). The van der Waals surface area contributed by atoms with Gasteiger partial charge in [0.05, 0.1) is 6.54 Å². The van der Waals surface area contributed by atoms with Crippen LogP contribution in [0.15, 0.2) is 17.2 Å². The number of thiazole rings is 1. The highest BCUT2D eigenvalue weighted by Gasteiger charge is 2.20. The number of hydrogen-bond acceptors (Lipinski definition) is 5. The topological polar surface area (TPSA) is 75.0 Å². The van der Waals surface area contributed by atoms with Crippen LogP contribution >= 0.6 is 11.3 Å². The third kappa shape index (κ3) is 2.94. The van der Waals surface area contributed by atoms with Crippen molar-refractivity contribution in [1.29, 1.82) is 0 Å². The maximum atomic E-state index is 12.3. The van der Waals surface area contributed by atoms with Gasteiger partial charge < -0.3 is 9.80 Å². The molecule has 0 aromatic carbocycles. The van der Waals surface area contributed by atoms with Crippen molar-refractivity contribution in [3.8, 4) is 0 Å². The molecule has 0 spiro atoms. The van der Waals surface area contributed by atoms with Gasteiger partial charge in [-0.05, 0) is 6.92 Å². The maximum absolute atomic E-state index is 12.3. The molecular weight excluding hydrogens is 292 g/mol. The molecule has 2 aromatic heterocycles. The Morgan fingerprint density at radius 2 is 2.00 bits per heavy atom. The van der Waals surface area contributed by atoms with Gasteiger partial charge in [-0.25, -0.2) is 4.98 Å². The Morgan fingerprint density at radius 3 is 2.62 bits per heavy atom. The fourth-order valence-electron chi connectivity index (χ4n) is 1.76. The van der Waals surface area contributed by atoms with Crippen molar-refractivity contribution in [2.24, 2.45) is 0 Å². The van der Waals surface area contributed by atoms with Gasteiger partial charge in [-0.1, -0.05) is 0 Å². The van der Waals surface area contributed by atoms with E-state index in [1.165, 1.54) is 38.8 Å². The number of fused-ring (bicyclic) bond motifs is 1. The van der Waals surface area contributed by atoms with E-state index < -0.39 is 11.5 Å². The second-order valence-electron chi connectivity index (χ2n) is 4.92. The Kier molecular flexibility index (Phi) is 4.08. The van der Waals surface area contributed by atoms with E-state index in [0.29, 0.717) is 4.96 Å². The molecule has 0 bridgehead atoms. The average Bonchev–Trinajstić information content (AvgIpc) is 2.79. The number of likely N-dealkylation sites (N-methyl/N-ethyl adjacent to an activating group) is 2. The number of carbonyl (C=O) groups excluding carboxylic acids is 2. The van der Waals surface area contributed by atoms with E-state index in [1.54, 1.807) is 20.3 Å². The Bertz CT molecular complexity index is 762. The van der Waals surface area contributed by atoms with Crippen LogP contribution in [0.1, 0.15) is 15.2 Å². The summed E-state index contributed by atoms with van der Waals surface area (Å²) < 4.78 is 1.36. The molecule has 0 aliphatic rings. The van der Waals surface area contributed by atoms with Gasteiger partial charge in [0.25, 0.3) is 11.5 Å². The van der Waals surface area contributed by atoms with Crippen molar-refractivity contribution in [1.82, 2.24) is 19.2 Å². The first-order valence-electron chi connectivity index (χ1n) is 6.24. The van der Waals surface area contributed by atoms with Gasteiger partial charge in [-0.2, -0.15) is 0 Å². The van der Waals surface area contributed by atoms with Crippen LogP contribution in [0.5, 0.6) is 0 Å². The standard InChI is InChI=1S/C13H16N4O3S/c1-8-6-17-12(20)9(5-14-13(17)21-8)11(19)16(4)7-10(18)15(2)3/h5-6H,7H2,1-4H3. The fourth-order valence-corrected chi connectivity index (χ4v) is 2.55. The Balaban J connectivity index is 2.33. The summed E-state index contributed by atoms with van der Waals surface area (Å²) in [6.45, 7) is 1.78. The minimum Gasteiger partial charge on any atom is -0.347 e. The van der Waals surface area contributed by atoms with Crippen LogP contribution in [0.4, 0.5) is 0 Å². The number of amides is 2. The number of hydrogen-bond donors (Lipinski definition) is 0. The van der Waals surface area contributed by atoms with E-state index >= 15 is 0 Å². The summed E-state index contributed by atoms with van der Waals surface area (Å²) in [4.78, 5) is 44.4. The van der Waals surface area contributed by atoms with Crippen molar-refractivity contribution in [3.63, 3.8) is 0 Å². The van der Waals surface area contributed by atoms with Crippen LogP contribution in [0.3, 0.4) is 0 Å². The molecular formula is C13H16N4O3S. The van der Waals surface area contributed by atoms with Gasteiger partial charge >= 0.3 is 0 Å². The molecule has 0 radical (unpaired) electrons. The largest absolute Gasteiger partial charge is 0.347 e. The van der Waals surface area contributed by atoms with Crippen molar-refractivity contribution in [3.05, 3.63) is 33.2 Å². The van der Waals surface area contributed by atoms with Crippen LogP contribution in [0.25, 0.3) is 4.96 Å². The van der Waals surface area contributed by atoms with Gasteiger partial charge in [0, 0.05) is 38.4 Å². The predicted molar refractivity (Wildman–Crippen MR) is 79.7 cm³/mol. The summed E-state index contributed by atoms with van der Waals surface area (Å²) in [7, 11) is 4.70. The highest BCUT2D eigenvalue weighted by molar-refractivity contribution is 7.16. The molecule has 0 fully saturated rings. The first-order chi connectivity index (χ1) is 9.81. The summed E-state index contributed by atoms with van der Waals surface area (Å²) in [6.07, 6.45) is 2.92. The molecule has 0 N–H and O–H groups in total. The van der Waals surface area contributed by atoms with Crippen LogP contribution in [0.2, 0.25) is 0 Å². The van der Waals surface area contributed by atoms with Gasteiger partial charge in [0.15, 0.2) is 4.96 Å². The Labute approximate surface area is 125 Å². The fraction of sp³-hybridized carbons (Fsp3) is 0.385. The van der Waals surface area contributed by atoms with Gasteiger partial charge in [-0.3, -0.25) is 18.8 Å². The number of rotatable bonds is 3. The summed E-state index contributed by atoms with van der Waals surface area (Å²) in [5.41, 5.74) is -0.460. The van der Waals surface area contributed by atoms with E-state index in [-0.39, 0.29) is 18.0 Å². The zero-order valence-electron chi connectivity index (χ0n) is 12.3. The lowest BCUT2D eigenvalue weighted by atomic mass is 10.3. The molecule has 2 heterocycles. The molecule has 0 atom stereocenters. The highest BCUT2D eigenvalue weighted by Crippen LogP contribution is 2.12. The normalized spacial score (nSPS) is 10.7. The highest BCUT2D eigenvalue weighted by atomic mass is 32.1. The third-order valence-electron chi connectivity index (χ3n) is 2.97. The van der Waals surface area contributed by atoms with Gasteiger partial charge in [-0.15, -0.1) is 11.3 Å². The Hall–Kier alpha value is -2.22. The molecule has 8 heteroatoms. The van der Waals surface area contributed by atoms with E-state index in [2.05, 4.69) is 4.98 Å². The smallest absolute Gasteiger partial charge is 0.271 e. The lowest BCUT2D eigenvalue weighted by Gasteiger charge is -2.18. The van der Waals surface area contributed by atoms with E-state index in [9.17, 15) is 14.4 Å². The number of nitrogens with zero attached hydrogens (tertiary/aromatic N) is 4. The molecule has 21 heavy (non-hydrogen) atoms. The maximum Gasteiger partial charge on any atom is 0.271 e. The lowest BCUT2D eigenvalue weighted by molar-refractivity contribution is -0.129. The van der Waals surface area contributed by atoms with E-state index in [0.717, 1.165) is 4.88 Å². The first kappa shape index (κ1) is 15.2. The van der Waals surface area contributed by atoms with Crippen LogP contribution in [-0.4, -0.2) is 58.7 Å². The number of carbonyl (C=O) groups is 2. The van der Waals surface area contributed by atoms with E-state index in [4.69, 9.17) is 0 Å². The van der Waals surface area contributed by atoms with Crippen LogP contribution in [0, 0.1) is 6.92 Å². The first-order valence-corrected chi connectivity index (χ1v) is 7.06. The van der Waals surface area contributed by atoms with Gasteiger partial charge in [0.2, 0.25) is 5.91 Å². The summed E-state index contributed by atoms with van der Waals surface area (Å²) in [6, 6.07) is 0. The molecule has 2 aromatic rings. The van der Waals surface area contributed by atoms with Crippen molar-refractivity contribution < 1.29 is 9.59 Å². The lowest BCUT2D eigenvalue weighted by Crippen LogP contribution is -2.40. The zero-order chi connectivity index (χ0) is 15.7. The second-order valence-corrected chi connectivity index (χ2v) is 6.13. The molecule has 0 saturated heterocycles. The van der Waals surface area contributed by atoms with Crippen molar-refractivity contribution in [2.45, 2.75) is 6.92 Å². The molecule has 112 valence electrons. The minimum atomic E-state index is -0.513. The van der Waals surface area contributed by atoms with E-state index in [1.807, 2.05) is 6.92 Å². The molecule has 7 nitrogen and oxygen atoms in total. The van der Waals surface area contributed by atoms with Crippen molar-refractivity contribution in [2.75, 3.05) is 27.7 Å². The molecule has 0 saturated carbocycles. The zero-order valence-corrected chi connectivity index (χ0v) is 13.1. The SMILES string of the molecule is Cc1cn2c(=O)c(C(=O)N(C)CC(=O)N(C)C)cnc2s1. The number of aryl methyl sites for hydroxylation is 1. The minimum absolute atomic E-state index is 0.0423. The van der Waals surface area contributed by atoms with Crippen LogP contribution in [-0.2, 0) is 4.79 Å². The third-order valence-corrected chi connectivity index (χ3v) is 3.88. The quantitative estimate of drug-likeness (QED) is 0.813. The average molecular weight is 308 g/mol. The molecule has 0 aliphatic carbocycles. The summed E-state index contributed by atoms with van der Waals surface area (Å²) in [5, 5.41) is 0.